The number of aryl methyl sites for hydroxylation is 2. The second kappa shape index (κ2) is 5.45. The Morgan fingerprint density at radius 2 is 2.04 bits per heavy atom. The van der Waals surface area contributed by atoms with Crippen LogP contribution >= 0.6 is 0 Å². The second-order valence-corrected chi connectivity index (χ2v) is 5.58. The molecular weight excluding hydrogens is 306 g/mol. The van der Waals surface area contributed by atoms with Crippen molar-refractivity contribution in [2.75, 3.05) is 11.9 Å². The summed E-state index contributed by atoms with van der Waals surface area (Å²) >= 11 is 0. The van der Waals surface area contributed by atoms with Crippen molar-refractivity contribution in [2.24, 2.45) is 0 Å². The van der Waals surface area contributed by atoms with Gasteiger partial charge in [-0.3, -0.25) is 4.79 Å². The highest BCUT2D eigenvalue weighted by Gasteiger charge is 2.19. The summed E-state index contributed by atoms with van der Waals surface area (Å²) in [5.74, 6) is 2.50. The fourth-order valence-corrected chi connectivity index (χ4v) is 2.62. The van der Waals surface area contributed by atoms with Crippen molar-refractivity contribution in [2.45, 2.75) is 13.8 Å². The van der Waals surface area contributed by atoms with Crippen LogP contribution in [0.15, 0.2) is 36.4 Å². The third-order valence-corrected chi connectivity index (χ3v) is 3.68. The minimum atomic E-state index is -0.154. The Balaban J connectivity index is 1.82. The van der Waals surface area contributed by atoms with Gasteiger partial charge in [0, 0.05) is 11.3 Å². The number of ether oxygens (including phenoxy) is 1. The van der Waals surface area contributed by atoms with Crippen LogP contribution in [-0.4, -0.2) is 32.3 Å². The second-order valence-electron chi connectivity index (χ2n) is 5.58. The Bertz CT molecular complexity index is 948. The van der Waals surface area contributed by atoms with Gasteiger partial charge in [0.25, 0.3) is 5.91 Å². The molecule has 0 atom stereocenters. The molecule has 3 heterocycles. The molecule has 24 heavy (non-hydrogen) atoms. The first kappa shape index (κ1) is 14.4. The molecule has 7 heteroatoms. The van der Waals surface area contributed by atoms with Gasteiger partial charge in [-0.25, -0.2) is 9.97 Å². The predicted molar refractivity (Wildman–Crippen MR) is 88.2 cm³/mol. The molecule has 1 aliphatic heterocycles. The van der Waals surface area contributed by atoms with Crippen molar-refractivity contribution in [3.05, 3.63) is 47.9 Å². The number of pyridine rings is 1. The zero-order valence-electron chi connectivity index (χ0n) is 13.3. The normalized spacial score (nSPS) is 13.2. The number of nitrogens with one attached hydrogen (secondary N) is 1. The number of hydrogen-bond donors (Lipinski definition) is 1. The van der Waals surface area contributed by atoms with Gasteiger partial charge in [-0.1, -0.05) is 6.07 Å². The van der Waals surface area contributed by atoms with Crippen molar-refractivity contribution < 1.29 is 9.53 Å². The highest BCUT2D eigenvalue weighted by atomic mass is 16.5. The predicted octanol–water partition coefficient (Wildman–Crippen LogP) is 2.28. The smallest absolute Gasteiger partial charge is 0.262 e. The first-order valence-electron chi connectivity index (χ1n) is 7.55. The lowest BCUT2D eigenvalue weighted by Crippen LogP contribution is -2.25. The summed E-state index contributed by atoms with van der Waals surface area (Å²) in [6.45, 7) is 3.79. The molecule has 2 aromatic heterocycles. The van der Waals surface area contributed by atoms with Crippen molar-refractivity contribution in [1.29, 1.82) is 0 Å². The molecule has 1 aromatic carbocycles. The Morgan fingerprint density at radius 1 is 1.17 bits per heavy atom. The molecule has 0 saturated carbocycles. The summed E-state index contributed by atoms with van der Waals surface area (Å²) in [6, 6.07) is 11.3. The third-order valence-electron chi connectivity index (χ3n) is 3.68. The molecule has 7 nitrogen and oxygen atoms in total. The molecular formula is C17H15N5O2. The number of hydrogen-bond acceptors (Lipinski definition) is 5. The number of nitrogens with zero attached hydrogens (tertiary/aromatic N) is 4. The van der Waals surface area contributed by atoms with Gasteiger partial charge in [0.15, 0.2) is 18.2 Å². The first-order chi connectivity index (χ1) is 11.6. The summed E-state index contributed by atoms with van der Waals surface area (Å²) < 4.78 is 7.20. The Morgan fingerprint density at radius 3 is 2.88 bits per heavy atom. The molecule has 0 unspecified atom stereocenters. The summed E-state index contributed by atoms with van der Waals surface area (Å²) in [4.78, 5) is 20.4. The average molecular weight is 321 g/mol. The standard InChI is InChI=1S/C17H15N5O2/c1-10-4-3-5-15(18-10)22-17(19-11(2)21-22)12-6-7-13-14(8-12)24-9-16(23)20-13/h3-8H,9H2,1-2H3,(H,20,23). The highest BCUT2D eigenvalue weighted by Crippen LogP contribution is 2.32. The van der Waals surface area contributed by atoms with Crippen LogP contribution in [0.5, 0.6) is 5.75 Å². The van der Waals surface area contributed by atoms with Gasteiger partial charge < -0.3 is 10.1 Å². The van der Waals surface area contributed by atoms with E-state index in [1.807, 2.05) is 44.2 Å². The van der Waals surface area contributed by atoms with Crippen LogP contribution in [0.1, 0.15) is 11.5 Å². The molecule has 120 valence electrons. The monoisotopic (exact) mass is 321 g/mol. The van der Waals surface area contributed by atoms with Crippen LogP contribution in [-0.2, 0) is 4.79 Å². The van der Waals surface area contributed by atoms with E-state index in [1.165, 1.54) is 0 Å². The van der Waals surface area contributed by atoms with Gasteiger partial charge in [-0.2, -0.15) is 4.68 Å². The van der Waals surface area contributed by atoms with Crippen molar-refractivity contribution in [3.63, 3.8) is 0 Å². The van der Waals surface area contributed by atoms with E-state index in [-0.39, 0.29) is 12.5 Å². The van der Waals surface area contributed by atoms with Crippen molar-refractivity contribution in [1.82, 2.24) is 19.7 Å². The Labute approximate surface area is 138 Å². The number of rotatable bonds is 2. The van der Waals surface area contributed by atoms with Crippen LogP contribution in [0, 0.1) is 13.8 Å². The molecule has 0 spiro atoms. The lowest BCUT2D eigenvalue weighted by atomic mass is 10.1. The van der Waals surface area contributed by atoms with E-state index in [4.69, 9.17) is 4.74 Å². The van der Waals surface area contributed by atoms with Gasteiger partial charge in [-0.15, -0.1) is 5.10 Å². The summed E-state index contributed by atoms with van der Waals surface area (Å²) in [5.41, 5.74) is 2.41. The number of fused-ring (bicyclic) bond motifs is 1. The van der Waals surface area contributed by atoms with Gasteiger partial charge >= 0.3 is 0 Å². The molecule has 1 amide bonds. The number of carbonyl (C=O) groups is 1. The van der Waals surface area contributed by atoms with Crippen LogP contribution in [0.25, 0.3) is 17.2 Å². The van der Waals surface area contributed by atoms with E-state index in [9.17, 15) is 4.79 Å². The van der Waals surface area contributed by atoms with Crippen LogP contribution in [0.2, 0.25) is 0 Å². The molecule has 4 rings (SSSR count). The molecule has 0 saturated heterocycles. The number of benzene rings is 1. The maximum atomic E-state index is 11.4. The fraction of sp³-hybridized carbons (Fsp3) is 0.176. The summed E-state index contributed by atoms with van der Waals surface area (Å²) in [5, 5.41) is 7.23. The van der Waals surface area contributed by atoms with Gasteiger partial charge in [0.05, 0.1) is 5.69 Å². The van der Waals surface area contributed by atoms with Crippen LogP contribution in [0.4, 0.5) is 5.69 Å². The molecule has 1 N–H and O–H groups in total. The lowest BCUT2D eigenvalue weighted by molar-refractivity contribution is -0.118. The molecule has 0 bridgehead atoms. The lowest BCUT2D eigenvalue weighted by Gasteiger charge is -2.18. The minimum absolute atomic E-state index is 0.0155. The maximum absolute atomic E-state index is 11.4. The highest BCUT2D eigenvalue weighted by molar-refractivity contribution is 5.95. The molecule has 0 fully saturated rings. The molecule has 0 aliphatic carbocycles. The maximum Gasteiger partial charge on any atom is 0.262 e. The van der Waals surface area contributed by atoms with Gasteiger partial charge in [0.1, 0.15) is 11.6 Å². The summed E-state index contributed by atoms with van der Waals surface area (Å²) in [6.07, 6.45) is 0. The van der Waals surface area contributed by atoms with E-state index in [1.54, 1.807) is 10.7 Å². The largest absolute Gasteiger partial charge is 0.482 e. The van der Waals surface area contributed by atoms with E-state index in [0.717, 1.165) is 11.3 Å². The van der Waals surface area contributed by atoms with Gasteiger partial charge in [-0.05, 0) is 44.2 Å². The molecule has 3 aromatic rings. The summed E-state index contributed by atoms with van der Waals surface area (Å²) in [7, 11) is 0. The third kappa shape index (κ3) is 2.50. The van der Waals surface area contributed by atoms with Crippen molar-refractivity contribution in [3.8, 4) is 23.0 Å². The number of aromatic nitrogens is 4. The van der Waals surface area contributed by atoms with Crippen molar-refractivity contribution >= 4 is 11.6 Å². The van der Waals surface area contributed by atoms with Crippen LogP contribution < -0.4 is 10.1 Å². The minimum Gasteiger partial charge on any atom is -0.482 e. The number of anilines is 1. The number of amides is 1. The zero-order chi connectivity index (χ0) is 16.7. The molecule has 1 aliphatic rings. The SMILES string of the molecule is Cc1cccc(-n2nc(C)nc2-c2ccc3c(c2)OCC(=O)N3)n1. The molecule has 0 radical (unpaired) electrons. The zero-order valence-corrected chi connectivity index (χ0v) is 13.3. The number of carbonyl (C=O) groups excluding carboxylic acids is 1. The average Bonchev–Trinajstić information content (AvgIpc) is 2.96. The van der Waals surface area contributed by atoms with E-state index in [0.29, 0.717) is 28.9 Å². The quantitative estimate of drug-likeness (QED) is 0.783. The van der Waals surface area contributed by atoms with E-state index < -0.39 is 0 Å². The van der Waals surface area contributed by atoms with Gasteiger partial charge in [0.2, 0.25) is 0 Å². The van der Waals surface area contributed by atoms with E-state index in [2.05, 4.69) is 20.4 Å². The topological polar surface area (TPSA) is 81.9 Å². The van der Waals surface area contributed by atoms with Crippen LogP contribution in [0.3, 0.4) is 0 Å². The fourth-order valence-electron chi connectivity index (χ4n) is 2.62. The Kier molecular flexibility index (Phi) is 3.26. The van der Waals surface area contributed by atoms with E-state index >= 15 is 0 Å². The first-order valence-corrected chi connectivity index (χ1v) is 7.55. The Hall–Kier alpha value is -3.22.